The summed E-state index contributed by atoms with van der Waals surface area (Å²) < 4.78 is 5.87. The third-order valence-electron chi connectivity index (χ3n) is 7.57. The number of ether oxygens (including phenoxy) is 1. The summed E-state index contributed by atoms with van der Waals surface area (Å²) in [5.74, 6) is 2.90. The Hall–Kier alpha value is -3.40. The molecule has 0 fully saturated rings. The number of hydrogen-bond acceptors (Lipinski definition) is 4. The summed E-state index contributed by atoms with van der Waals surface area (Å²) in [6.45, 7) is 2.51. The van der Waals surface area contributed by atoms with E-state index in [4.69, 9.17) is 9.72 Å². The number of aliphatic hydroxyl groups excluding tert-OH is 1. The van der Waals surface area contributed by atoms with Crippen molar-refractivity contribution < 1.29 is 9.84 Å². The third-order valence-corrected chi connectivity index (χ3v) is 7.57. The molecular weight excluding hydrogens is 420 g/mol. The van der Waals surface area contributed by atoms with Crippen LogP contribution in [0.15, 0.2) is 89.8 Å². The first kappa shape index (κ1) is 21.2. The minimum absolute atomic E-state index is 0.256. The molecule has 0 aromatic carbocycles. The number of allylic oxidation sites excluding steroid dienone is 15. The zero-order valence-corrected chi connectivity index (χ0v) is 19.5. The van der Waals surface area contributed by atoms with Crippen molar-refractivity contribution in [2.75, 3.05) is 6.61 Å². The van der Waals surface area contributed by atoms with E-state index in [1.165, 1.54) is 16.7 Å². The van der Waals surface area contributed by atoms with Crippen molar-refractivity contribution in [2.45, 2.75) is 32.6 Å². The summed E-state index contributed by atoms with van der Waals surface area (Å²) in [4.78, 5) is 9.71. The summed E-state index contributed by atoms with van der Waals surface area (Å²) in [5, 5.41) is 10.5. The lowest BCUT2D eigenvalue weighted by Gasteiger charge is -2.40. The van der Waals surface area contributed by atoms with Gasteiger partial charge in [0.2, 0.25) is 5.88 Å². The maximum Gasteiger partial charge on any atom is 0.217 e. The fourth-order valence-corrected chi connectivity index (χ4v) is 5.95. The van der Waals surface area contributed by atoms with Crippen LogP contribution >= 0.6 is 0 Å². The molecular formula is C30H30N2O2. The summed E-state index contributed by atoms with van der Waals surface area (Å²) in [7, 11) is 0. The molecule has 4 atom stereocenters. The van der Waals surface area contributed by atoms with Gasteiger partial charge >= 0.3 is 0 Å². The second-order valence-electron chi connectivity index (χ2n) is 9.53. The second-order valence-corrected chi connectivity index (χ2v) is 9.53. The summed E-state index contributed by atoms with van der Waals surface area (Å²) in [5.41, 5.74) is 5.82. The average molecular weight is 451 g/mol. The van der Waals surface area contributed by atoms with Crippen molar-refractivity contribution in [3.63, 3.8) is 0 Å². The first-order valence-electron chi connectivity index (χ1n) is 12.5. The predicted molar refractivity (Wildman–Crippen MR) is 136 cm³/mol. The molecule has 0 radical (unpaired) electrons. The van der Waals surface area contributed by atoms with Crippen LogP contribution in [0, 0.1) is 23.7 Å². The largest absolute Gasteiger partial charge is 0.508 e. The van der Waals surface area contributed by atoms with Gasteiger partial charge in [-0.2, -0.15) is 4.98 Å². The van der Waals surface area contributed by atoms with Crippen LogP contribution in [0.5, 0.6) is 5.88 Å². The minimum Gasteiger partial charge on any atom is -0.508 e. The normalized spacial score (nSPS) is 29.0. The van der Waals surface area contributed by atoms with Crippen LogP contribution in [-0.2, 0) is 0 Å². The van der Waals surface area contributed by atoms with E-state index in [1.54, 1.807) is 6.08 Å². The number of hydrogen-bond donors (Lipinski definition) is 1. The lowest BCUT2D eigenvalue weighted by Crippen LogP contribution is -2.29. The molecule has 0 amide bonds. The molecule has 34 heavy (non-hydrogen) atoms. The molecule has 4 nitrogen and oxygen atoms in total. The van der Waals surface area contributed by atoms with Gasteiger partial charge in [0.05, 0.1) is 12.3 Å². The molecule has 0 spiro atoms. The van der Waals surface area contributed by atoms with Crippen molar-refractivity contribution in [2.24, 2.45) is 23.7 Å². The van der Waals surface area contributed by atoms with E-state index in [-0.39, 0.29) is 5.76 Å². The Bertz CT molecular complexity index is 1250. The topological polar surface area (TPSA) is 55.2 Å². The van der Waals surface area contributed by atoms with Gasteiger partial charge in [-0.15, -0.1) is 0 Å². The van der Waals surface area contributed by atoms with Gasteiger partial charge in [0.15, 0.2) is 5.82 Å². The van der Waals surface area contributed by atoms with E-state index >= 15 is 0 Å². The van der Waals surface area contributed by atoms with Crippen LogP contribution in [0.1, 0.15) is 44.1 Å². The maximum absolute atomic E-state index is 10.5. The van der Waals surface area contributed by atoms with Crippen molar-refractivity contribution in [3.8, 4) is 5.88 Å². The molecule has 4 heteroatoms. The van der Waals surface area contributed by atoms with Crippen LogP contribution in [0.4, 0.5) is 0 Å². The Morgan fingerprint density at radius 2 is 1.88 bits per heavy atom. The smallest absolute Gasteiger partial charge is 0.217 e. The highest BCUT2D eigenvalue weighted by Crippen LogP contribution is 2.50. The molecule has 0 aliphatic heterocycles. The number of rotatable bonds is 4. The Labute approximate surface area is 201 Å². The number of aliphatic hydroxyl groups is 1. The highest BCUT2D eigenvalue weighted by atomic mass is 16.5. The first-order chi connectivity index (χ1) is 16.7. The van der Waals surface area contributed by atoms with Gasteiger partial charge in [-0.1, -0.05) is 60.8 Å². The zero-order chi connectivity index (χ0) is 23.1. The van der Waals surface area contributed by atoms with E-state index in [2.05, 4.69) is 59.7 Å². The predicted octanol–water partition coefficient (Wildman–Crippen LogP) is 6.70. The minimum atomic E-state index is 0.256. The molecule has 1 aromatic rings. The van der Waals surface area contributed by atoms with E-state index in [0.29, 0.717) is 42.0 Å². The molecule has 0 saturated carbocycles. The number of fused-ring (bicyclic) bond motifs is 4. The van der Waals surface area contributed by atoms with Crippen LogP contribution in [0.3, 0.4) is 0 Å². The van der Waals surface area contributed by atoms with Crippen molar-refractivity contribution in [3.05, 3.63) is 101 Å². The molecule has 172 valence electrons. The van der Waals surface area contributed by atoms with Gasteiger partial charge in [-0.05, 0) is 61.3 Å². The summed E-state index contributed by atoms with van der Waals surface area (Å²) >= 11 is 0. The van der Waals surface area contributed by atoms with Crippen LogP contribution in [0.25, 0.3) is 11.1 Å². The monoisotopic (exact) mass is 450 g/mol. The molecule has 6 rings (SSSR count). The second kappa shape index (κ2) is 8.75. The fourth-order valence-electron chi connectivity index (χ4n) is 5.95. The van der Waals surface area contributed by atoms with Crippen molar-refractivity contribution in [1.82, 2.24) is 9.97 Å². The Morgan fingerprint density at radius 3 is 2.76 bits per heavy atom. The van der Waals surface area contributed by atoms with E-state index in [1.807, 2.05) is 19.1 Å². The van der Waals surface area contributed by atoms with Crippen LogP contribution in [-0.4, -0.2) is 21.7 Å². The van der Waals surface area contributed by atoms with Crippen molar-refractivity contribution in [1.29, 1.82) is 0 Å². The molecule has 1 N–H and O–H groups in total. The van der Waals surface area contributed by atoms with E-state index in [0.717, 1.165) is 37.0 Å². The van der Waals surface area contributed by atoms with Gasteiger partial charge in [-0.3, -0.25) is 0 Å². The standard InChI is InChI=1S/C30H30N2O2/c1-2-34-29-18-27(31-30(32-29)24-13-7-8-14-28(24)33)26-17-25-20-10-4-3-9-19(20)15-16-23(25)21-11-5-6-12-22(21)26/h3-5,8-11,14-22,33H,2,6-7,12-13H2,1H3. The highest BCUT2D eigenvalue weighted by Gasteiger charge is 2.38. The molecule has 0 bridgehead atoms. The third kappa shape index (κ3) is 3.62. The summed E-state index contributed by atoms with van der Waals surface area (Å²) in [6, 6.07) is 1.99. The molecule has 5 aliphatic carbocycles. The van der Waals surface area contributed by atoms with Crippen molar-refractivity contribution >= 4 is 11.1 Å². The first-order valence-corrected chi connectivity index (χ1v) is 12.5. The Kier molecular flexibility index (Phi) is 5.44. The Balaban J connectivity index is 1.51. The SMILES string of the molecule is CCOc1cc(C2=CC3=C(C=CC4C=CC=CC34)C3C=CCCC23)nc(C2=C(O)C=CCC2)n1. The highest BCUT2D eigenvalue weighted by molar-refractivity contribution is 5.75. The molecule has 1 heterocycles. The maximum atomic E-state index is 10.5. The lowest BCUT2D eigenvalue weighted by molar-refractivity contribution is 0.325. The fraction of sp³-hybridized carbons (Fsp3) is 0.333. The quantitative estimate of drug-likeness (QED) is 0.519. The van der Waals surface area contributed by atoms with Crippen LogP contribution in [0.2, 0.25) is 0 Å². The van der Waals surface area contributed by atoms with Crippen LogP contribution < -0.4 is 4.74 Å². The molecule has 0 saturated heterocycles. The van der Waals surface area contributed by atoms with E-state index in [9.17, 15) is 5.11 Å². The molecule has 4 unspecified atom stereocenters. The van der Waals surface area contributed by atoms with E-state index < -0.39 is 0 Å². The number of aromatic nitrogens is 2. The van der Waals surface area contributed by atoms with Gasteiger partial charge in [0.1, 0.15) is 5.76 Å². The zero-order valence-electron chi connectivity index (χ0n) is 19.5. The summed E-state index contributed by atoms with van der Waals surface area (Å²) in [6.07, 6.45) is 28.3. The lowest BCUT2D eigenvalue weighted by atomic mass is 9.64. The van der Waals surface area contributed by atoms with Gasteiger partial charge < -0.3 is 9.84 Å². The number of nitrogens with zero attached hydrogens (tertiary/aromatic N) is 2. The van der Waals surface area contributed by atoms with Gasteiger partial charge in [-0.25, -0.2) is 4.98 Å². The Morgan fingerprint density at radius 1 is 0.971 bits per heavy atom. The average Bonchev–Trinajstić information content (AvgIpc) is 2.88. The van der Waals surface area contributed by atoms with Gasteiger partial charge in [0.25, 0.3) is 0 Å². The van der Waals surface area contributed by atoms with Gasteiger partial charge in [0, 0.05) is 29.4 Å². The molecule has 1 aromatic heterocycles. The molecule has 5 aliphatic rings.